The number of anilines is 2. The molecule has 0 amide bonds. The Morgan fingerprint density at radius 2 is 1.82 bits per heavy atom. The number of benzene rings is 2. The third kappa shape index (κ3) is 4.67. The van der Waals surface area contributed by atoms with E-state index in [1.807, 2.05) is 24.3 Å². The van der Waals surface area contributed by atoms with Gasteiger partial charge in [0.15, 0.2) is 0 Å². The van der Waals surface area contributed by atoms with Gasteiger partial charge in [0.1, 0.15) is 5.82 Å². The van der Waals surface area contributed by atoms with Gasteiger partial charge in [-0.25, -0.2) is 4.98 Å². The molecule has 0 spiro atoms. The Bertz CT molecular complexity index is 907. The van der Waals surface area contributed by atoms with Crippen LogP contribution in [-0.4, -0.2) is 29.2 Å². The molecule has 1 saturated heterocycles. The zero-order chi connectivity index (χ0) is 19.2. The first-order valence-electron chi connectivity index (χ1n) is 9.86. The second-order valence-electron chi connectivity index (χ2n) is 7.12. The summed E-state index contributed by atoms with van der Waals surface area (Å²) >= 11 is 0. The summed E-state index contributed by atoms with van der Waals surface area (Å²) in [5, 5.41) is 6.82. The first-order chi connectivity index (χ1) is 13.8. The molecule has 1 aliphatic heterocycles. The number of nitrogens with one attached hydrogen (secondary N) is 2. The van der Waals surface area contributed by atoms with Crippen molar-refractivity contribution in [2.75, 3.05) is 23.8 Å². The molecule has 4 rings (SSSR count). The highest BCUT2D eigenvalue weighted by Gasteiger charge is 2.16. The zero-order valence-electron chi connectivity index (χ0n) is 16.2. The predicted molar refractivity (Wildman–Crippen MR) is 113 cm³/mol. The van der Waals surface area contributed by atoms with Crippen LogP contribution in [0.1, 0.15) is 24.0 Å². The summed E-state index contributed by atoms with van der Waals surface area (Å²) in [4.78, 5) is 9.41. The van der Waals surface area contributed by atoms with E-state index >= 15 is 0 Å². The van der Waals surface area contributed by atoms with E-state index in [-0.39, 0.29) is 6.10 Å². The molecule has 2 N–H and O–H groups in total. The van der Waals surface area contributed by atoms with Crippen LogP contribution in [0.25, 0.3) is 11.3 Å². The molecule has 5 nitrogen and oxygen atoms in total. The van der Waals surface area contributed by atoms with E-state index in [9.17, 15) is 0 Å². The van der Waals surface area contributed by atoms with Gasteiger partial charge in [-0.2, -0.15) is 4.98 Å². The molecular weight excluding hydrogens is 348 g/mol. The molecule has 2 heterocycles. The van der Waals surface area contributed by atoms with Gasteiger partial charge in [0.05, 0.1) is 11.8 Å². The van der Waals surface area contributed by atoms with Crippen LogP contribution in [0, 0.1) is 6.92 Å². The van der Waals surface area contributed by atoms with E-state index in [1.165, 1.54) is 11.1 Å². The molecule has 1 unspecified atom stereocenters. The van der Waals surface area contributed by atoms with Crippen LogP contribution in [0.15, 0.2) is 60.7 Å². The Labute approximate surface area is 166 Å². The summed E-state index contributed by atoms with van der Waals surface area (Å²) in [5.74, 6) is 1.44. The number of rotatable bonds is 7. The van der Waals surface area contributed by atoms with Gasteiger partial charge in [0.2, 0.25) is 5.95 Å². The van der Waals surface area contributed by atoms with E-state index in [1.54, 1.807) is 0 Å². The molecule has 0 radical (unpaired) electrons. The number of aryl methyl sites for hydroxylation is 1. The number of aromatic nitrogens is 2. The average molecular weight is 374 g/mol. The highest BCUT2D eigenvalue weighted by atomic mass is 16.5. The predicted octanol–water partition coefficient (Wildman–Crippen LogP) is 4.66. The van der Waals surface area contributed by atoms with Gasteiger partial charge < -0.3 is 15.4 Å². The lowest BCUT2D eigenvalue weighted by atomic mass is 10.1. The highest BCUT2D eigenvalue weighted by molar-refractivity contribution is 5.64. The van der Waals surface area contributed by atoms with Crippen molar-refractivity contribution in [2.24, 2.45) is 0 Å². The number of hydrogen-bond donors (Lipinski definition) is 2. The Morgan fingerprint density at radius 1 is 1.00 bits per heavy atom. The third-order valence-electron chi connectivity index (χ3n) is 5.03. The Kier molecular flexibility index (Phi) is 5.83. The SMILES string of the molecule is Cc1ccccc1CNc1nc(NCC2CCCO2)cc(-c2ccccc2)n1. The highest BCUT2D eigenvalue weighted by Crippen LogP contribution is 2.22. The van der Waals surface area contributed by atoms with Gasteiger partial charge in [0, 0.05) is 31.3 Å². The van der Waals surface area contributed by atoms with Crippen molar-refractivity contribution in [1.82, 2.24) is 9.97 Å². The van der Waals surface area contributed by atoms with Crippen molar-refractivity contribution in [3.05, 3.63) is 71.8 Å². The molecule has 144 valence electrons. The van der Waals surface area contributed by atoms with Crippen LogP contribution in [0.2, 0.25) is 0 Å². The van der Waals surface area contributed by atoms with Crippen LogP contribution in [-0.2, 0) is 11.3 Å². The molecule has 28 heavy (non-hydrogen) atoms. The molecule has 1 aliphatic rings. The molecule has 0 aliphatic carbocycles. The maximum atomic E-state index is 5.72. The van der Waals surface area contributed by atoms with Gasteiger partial charge in [-0.1, -0.05) is 54.6 Å². The van der Waals surface area contributed by atoms with E-state index in [4.69, 9.17) is 9.72 Å². The number of nitrogens with zero attached hydrogens (tertiary/aromatic N) is 2. The van der Waals surface area contributed by atoms with E-state index in [0.717, 1.165) is 43.1 Å². The fourth-order valence-electron chi connectivity index (χ4n) is 3.38. The van der Waals surface area contributed by atoms with Crippen LogP contribution < -0.4 is 10.6 Å². The Balaban J connectivity index is 1.55. The molecule has 1 fully saturated rings. The topological polar surface area (TPSA) is 59.1 Å². The lowest BCUT2D eigenvalue weighted by molar-refractivity contribution is 0.120. The zero-order valence-corrected chi connectivity index (χ0v) is 16.2. The van der Waals surface area contributed by atoms with E-state index in [0.29, 0.717) is 12.5 Å². The van der Waals surface area contributed by atoms with E-state index in [2.05, 4.69) is 58.9 Å². The van der Waals surface area contributed by atoms with Gasteiger partial charge in [-0.15, -0.1) is 0 Å². The van der Waals surface area contributed by atoms with Crippen LogP contribution >= 0.6 is 0 Å². The van der Waals surface area contributed by atoms with Crippen molar-refractivity contribution >= 4 is 11.8 Å². The minimum Gasteiger partial charge on any atom is -0.376 e. The van der Waals surface area contributed by atoms with Gasteiger partial charge in [-0.3, -0.25) is 0 Å². The summed E-state index contributed by atoms with van der Waals surface area (Å²) in [7, 11) is 0. The first kappa shape index (κ1) is 18.4. The molecule has 2 aromatic carbocycles. The van der Waals surface area contributed by atoms with Crippen LogP contribution in [0.3, 0.4) is 0 Å². The fraction of sp³-hybridized carbons (Fsp3) is 0.304. The Hall–Kier alpha value is -2.92. The smallest absolute Gasteiger partial charge is 0.225 e. The van der Waals surface area contributed by atoms with Crippen LogP contribution in [0.4, 0.5) is 11.8 Å². The lowest BCUT2D eigenvalue weighted by Gasteiger charge is -2.14. The molecule has 1 atom stereocenters. The maximum absolute atomic E-state index is 5.72. The van der Waals surface area contributed by atoms with Crippen LogP contribution in [0.5, 0.6) is 0 Å². The largest absolute Gasteiger partial charge is 0.376 e. The van der Waals surface area contributed by atoms with Crippen molar-refractivity contribution in [3.63, 3.8) is 0 Å². The van der Waals surface area contributed by atoms with Crippen molar-refractivity contribution in [2.45, 2.75) is 32.4 Å². The summed E-state index contributed by atoms with van der Waals surface area (Å²) in [6.45, 7) is 4.43. The molecular formula is C23H26N4O. The fourth-order valence-corrected chi connectivity index (χ4v) is 3.38. The summed E-state index contributed by atoms with van der Waals surface area (Å²) in [5.41, 5.74) is 4.47. The Morgan fingerprint density at radius 3 is 2.61 bits per heavy atom. The average Bonchev–Trinajstić information content (AvgIpc) is 3.26. The summed E-state index contributed by atoms with van der Waals surface area (Å²) < 4.78 is 5.72. The third-order valence-corrected chi connectivity index (χ3v) is 5.03. The van der Waals surface area contributed by atoms with Crippen molar-refractivity contribution in [1.29, 1.82) is 0 Å². The lowest BCUT2D eigenvalue weighted by Crippen LogP contribution is -2.19. The van der Waals surface area contributed by atoms with Gasteiger partial charge in [-0.05, 0) is 30.9 Å². The second-order valence-corrected chi connectivity index (χ2v) is 7.12. The molecule has 0 bridgehead atoms. The quantitative estimate of drug-likeness (QED) is 0.630. The first-order valence-corrected chi connectivity index (χ1v) is 9.86. The summed E-state index contributed by atoms with van der Waals surface area (Å²) in [6, 6.07) is 20.6. The second kappa shape index (κ2) is 8.85. The minimum absolute atomic E-state index is 0.263. The molecule has 0 saturated carbocycles. The van der Waals surface area contributed by atoms with Crippen molar-refractivity contribution in [3.8, 4) is 11.3 Å². The number of hydrogen-bond acceptors (Lipinski definition) is 5. The number of ether oxygens (including phenoxy) is 1. The minimum atomic E-state index is 0.263. The molecule has 3 aromatic rings. The van der Waals surface area contributed by atoms with E-state index < -0.39 is 0 Å². The standard InChI is InChI=1S/C23H26N4O/c1-17-8-5-6-11-19(17)15-25-23-26-21(18-9-3-2-4-10-18)14-22(27-23)24-16-20-12-7-13-28-20/h2-6,8-11,14,20H,7,12-13,15-16H2,1H3,(H2,24,25,26,27). The maximum Gasteiger partial charge on any atom is 0.225 e. The summed E-state index contributed by atoms with van der Waals surface area (Å²) in [6.07, 6.45) is 2.50. The molecule has 5 heteroatoms. The van der Waals surface area contributed by atoms with Gasteiger partial charge >= 0.3 is 0 Å². The van der Waals surface area contributed by atoms with Gasteiger partial charge in [0.25, 0.3) is 0 Å². The molecule has 1 aromatic heterocycles. The normalized spacial score (nSPS) is 16.1. The monoisotopic (exact) mass is 374 g/mol. The van der Waals surface area contributed by atoms with Crippen molar-refractivity contribution < 1.29 is 4.74 Å².